The molecule has 0 fully saturated rings. The normalized spacial score (nSPS) is 12.2. The number of halogens is 2. The summed E-state index contributed by atoms with van der Waals surface area (Å²) >= 11 is 0. The van der Waals surface area contributed by atoms with Gasteiger partial charge < -0.3 is 9.73 Å². The van der Waals surface area contributed by atoms with Crippen molar-refractivity contribution in [1.82, 2.24) is 9.97 Å². The van der Waals surface area contributed by atoms with Crippen molar-refractivity contribution in [3.63, 3.8) is 0 Å². The minimum Gasteiger partial charge on any atom is -0.424 e. The van der Waals surface area contributed by atoms with Crippen LogP contribution in [0.15, 0.2) is 71.3 Å². The molecule has 0 spiro atoms. The summed E-state index contributed by atoms with van der Waals surface area (Å²) < 4.78 is 32.2. The first-order valence-electron chi connectivity index (χ1n) is 8.15. The summed E-state index contributed by atoms with van der Waals surface area (Å²) in [4.78, 5) is 8.68. The van der Waals surface area contributed by atoms with Gasteiger partial charge in [-0.1, -0.05) is 18.2 Å². The number of benzene rings is 2. The number of rotatable bonds is 5. The molecule has 4 rings (SSSR count). The smallest absolute Gasteiger partial charge is 0.296 e. The van der Waals surface area contributed by atoms with Gasteiger partial charge in [0.2, 0.25) is 0 Å². The Morgan fingerprint density at radius 2 is 1.77 bits per heavy atom. The Morgan fingerprint density at radius 3 is 2.54 bits per heavy atom. The van der Waals surface area contributed by atoms with Crippen molar-refractivity contribution in [3.05, 3.63) is 89.8 Å². The van der Waals surface area contributed by atoms with Crippen LogP contribution in [-0.2, 0) is 6.42 Å². The van der Waals surface area contributed by atoms with Gasteiger partial charge in [0.05, 0.1) is 11.7 Å². The number of hydrogen-bond acceptors (Lipinski definition) is 4. The van der Waals surface area contributed by atoms with Crippen molar-refractivity contribution in [3.8, 4) is 0 Å². The van der Waals surface area contributed by atoms with Gasteiger partial charge in [-0.25, -0.2) is 8.78 Å². The second-order valence-electron chi connectivity index (χ2n) is 5.91. The van der Waals surface area contributed by atoms with Crippen molar-refractivity contribution in [2.75, 3.05) is 5.32 Å². The Hall–Kier alpha value is -3.28. The van der Waals surface area contributed by atoms with Crippen LogP contribution in [0.4, 0.5) is 14.8 Å². The Labute approximate surface area is 148 Å². The molecule has 0 amide bonds. The molecule has 2 aromatic heterocycles. The van der Waals surface area contributed by atoms with Crippen molar-refractivity contribution >= 4 is 17.1 Å². The van der Waals surface area contributed by atoms with Crippen molar-refractivity contribution < 1.29 is 13.2 Å². The minimum atomic E-state index is -0.370. The highest BCUT2D eigenvalue weighted by Crippen LogP contribution is 2.25. The summed E-state index contributed by atoms with van der Waals surface area (Å²) in [6.07, 6.45) is 2.26. The van der Waals surface area contributed by atoms with Crippen molar-refractivity contribution in [2.45, 2.75) is 12.5 Å². The van der Waals surface area contributed by atoms with Gasteiger partial charge in [-0.15, -0.1) is 0 Å². The predicted molar refractivity (Wildman–Crippen MR) is 94.7 cm³/mol. The molecule has 2 aromatic carbocycles. The number of oxazole rings is 1. The molecule has 0 aliphatic carbocycles. The van der Waals surface area contributed by atoms with Crippen LogP contribution in [0.3, 0.4) is 0 Å². The van der Waals surface area contributed by atoms with Crippen LogP contribution in [0.1, 0.15) is 17.3 Å². The highest BCUT2D eigenvalue weighted by Gasteiger charge is 2.17. The van der Waals surface area contributed by atoms with Gasteiger partial charge in [0.1, 0.15) is 17.2 Å². The number of anilines is 1. The maximum atomic E-state index is 13.4. The molecule has 1 N–H and O–H groups in total. The summed E-state index contributed by atoms with van der Waals surface area (Å²) in [6, 6.07) is 16.2. The van der Waals surface area contributed by atoms with E-state index < -0.39 is 0 Å². The van der Waals surface area contributed by atoms with Crippen molar-refractivity contribution in [2.24, 2.45) is 0 Å². The van der Waals surface area contributed by atoms with E-state index in [1.54, 1.807) is 24.4 Å². The summed E-state index contributed by atoms with van der Waals surface area (Å²) in [5, 5.41) is 3.21. The molecule has 6 heteroatoms. The van der Waals surface area contributed by atoms with Gasteiger partial charge in [-0.05, 0) is 48.4 Å². The maximum absolute atomic E-state index is 13.4. The highest BCUT2D eigenvalue weighted by molar-refractivity contribution is 5.74. The van der Waals surface area contributed by atoms with Crippen LogP contribution >= 0.6 is 0 Å². The van der Waals surface area contributed by atoms with E-state index >= 15 is 0 Å². The van der Waals surface area contributed by atoms with Crippen LogP contribution in [0.25, 0.3) is 11.1 Å². The topological polar surface area (TPSA) is 51.0 Å². The molecule has 130 valence electrons. The third-order valence-electron chi connectivity index (χ3n) is 4.05. The lowest BCUT2D eigenvalue weighted by Gasteiger charge is -2.17. The number of fused-ring (bicyclic) bond motifs is 1. The quantitative estimate of drug-likeness (QED) is 0.556. The zero-order chi connectivity index (χ0) is 17.9. The first-order chi connectivity index (χ1) is 12.7. The Morgan fingerprint density at radius 1 is 0.962 bits per heavy atom. The van der Waals surface area contributed by atoms with Gasteiger partial charge in [-0.2, -0.15) is 4.98 Å². The number of nitrogens with zero attached hydrogens (tertiary/aromatic N) is 2. The molecule has 1 atom stereocenters. The van der Waals surface area contributed by atoms with E-state index in [1.807, 2.05) is 18.2 Å². The molecule has 0 saturated heterocycles. The first-order valence-corrected chi connectivity index (χ1v) is 8.15. The molecular weight excluding hydrogens is 336 g/mol. The van der Waals surface area contributed by atoms with Gasteiger partial charge in [-0.3, -0.25) is 4.98 Å². The van der Waals surface area contributed by atoms with E-state index in [-0.39, 0.29) is 23.7 Å². The zero-order valence-corrected chi connectivity index (χ0v) is 13.7. The molecule has 0 saturated carbocycles. The zero-order valence-electron chi connectivity index (χ0n) is 13.7. The van der Waals surface area contributed by atoms with Gasteiger partial charge in [0.15, 0.2) is 5.58 Å². The minimum absolute atomic E-state index is 0.237. The van der Waals surface area contributed by atoms with Crippen LogP contribution in [-0.4, -0.2) is 9.97 Å². The maximum Gasteiger partial charge on any atom is 0.296 e. The van der Waals surface area contributed by atoms with Crippen molar-refractivity contribution in [1.29, 1.82) is 0 Å². The van der Waals surface area contributed by atoms with Crippen LogP contribution in [0.5, 0.6) is 0 Å². The second kappa shape index (κ2) is 6.92. The van der Waals surface area contributed by atoms with Gasteiger partial charge in [0, 0.05) is 12.3 Å². The summed E-state index contributed by atoms with van der Waals surface area (Å²) in [5.74, 6) is -0.651. The average molecular weight is 351 g/mol. The Balaban J connectivity index is 1.64. The van der Waals surface area contributed by atoms with E-state index in [2.05, 4.69) is 15.3 Å². The summed E-state index contributed by atoms with van der Waals surface area (Å²) in [5.41, 5.74) is 2.67. The SMILES string of the molecule is Fc1ccc(CC(Nc2nc3cc(F)ccc3o2)c2ccccn2)cc1. The molecule has 4 nitrogen and oxygen atoms in total. The monoisotopic (exact) mass is 351 g/mol. The standard InChI is InChI=1S/C20H15F2N3O/c21-14-6-4-13(5-7-14)11-17(16-3-1-2-10-23-16)24-20-25-18-12-15(22)8-9-19(18)26-20/h1-10,12,17H,11H2,(H,24,25). The van der Waals surface area contributed by atoms with Gasteiger partial charge >= 0.3 is 0 Å². The van der Waals surface area contributed by atoms with E-state index in [0.29, 0.717) is 17.5 Å². The Kier molecular flexibility index (Phi) is 4.31. The van der Waals surface area contributed by atoms with E-state index in [9.17, 15) is 8.78 Å². The number of nitrogens with one attached hydrogen (secondary N) is 1. The van der Waals surface area contributed by atoms with E-state index in [0.717, 1.165) is 11.3 Å². The largest absolute Gasteiger partial charge is 0.424 e. The van der Waals surface area contributed by atoms with Crippen LogP contribution < -0.4 is 5.32 Å². The lowest BCUT2D eigenvalue weighted by Crippen LogP contribution is -2.15. The summed E-state index contributed by atoms with van der Waals surface area (Å²) in [7, 11) is 0. The second-order valence-corrected chi connectivity index (χ2v) is 5.91. The molecule has 2 heterocycles. The lowest BCUT2D eigenvalue weighted by atomic mass is 10.0. The van der Waals surface area contributed by atoms with Crippen LogP contribution in [0.2, 0.25) is 0 Å². The molecule has 26 heavy (non-hydrogen) atoms. The first kappa shape index (κ1) is 16.2. The number of pyridine rings is 1. The third kappa shape index (κ3) is 3.54. The highest BCUT2D eigenvalue weighted by atomic mass is 19.1. The third-order valence-corrected chi connectivity index (χ3v) is 4.05. The van der Waals surface area contributed by atoms with E-state index in [1.165, 1.54) is 24.3 Å². The molecule has 4 aromatic rings. The predicted octanol–water partition coefficient (Wildman–Crippen LogP) is 4.90. The Bertz CT molecular complexity index is 1020. The molecular formula is C20H15F2N3O. The lowest BCUT2D eigenvalue weighted by molar-refractivity contribution is 0.590. The average Bonchev–Trinajstić information content (AvgIpc) is 3.05. The van der Waals surface area contributed by atoms with Gasteiger partial charge in [0.25, 0.3) is 6.01 Å². The number of hydrogen-bond donors (Lipinski definition) is 1. The molecule has 0 aliphatic heterocycles. The molecule has 1 unspecified atom stereocenters. The summed E-state index contributed by atoms with van der Waals surface area (Å²) in [6.45, 7) is 0. The van der Waals surface area contributed by atoms with E-state index in [4.69, 9.17) is 4.42 Å². The fourth-order valence-electron chi connectivity index (χ4n) is 2.78. The molecule has 0 aliphatic rings. The fraction of sp³-hybridized carbons (Fsp3) is 0.100. The fourth-order valence-corrected chi connectivity index (χ4v) is 2.78. The molecule has 0 bridgehead atoms. The number of aromatic nitrogens is 2. The molecule has 0 radical (unpaired) electrons. The van der Waals surface area contributed by atoms with Crippen LogP contribution in [0, 0.1) is 11.6 Å².